The van der Waals surface area contributed by atoms with E-state index in [1.54, 1.807) is 0 Å². The lowest BCUT2D eigenvalue weighted by molar-refractivity contribution is 0.145. The van der Waals surface area contributed by atoms with Crippen LogP contribution < -0.4 is 5.73 Å². The number of hydrogen-bond acceptors (Lipinski definition) is 2. The van der Waals surface area contributed by atoms with Gasteiger partial charge >= 0.3 is 0 Å². The topological polar surface area (TPSA) is 46.2 Å². The molecule has 0 radical (unpaired) electrons. The molecule has 0 saturated carbocycles. The van der Waals surface area contributed by atoms with Crippen LogP contribution >= 0.6 is 15.9 Å². The van der Waals surface area contributed by atoms with Gasteiger partial charge in [0.15, 0.2) is 0 Å². The van der Waals surface area contributed by atoms with E-state index in [1.165, 1.54) is 0 Å². The molecule has 94 valence electrons. The van der Waals surface area contributed by atoms with Crippen LogP contribution in [0.15, 0.2) is 59.1 Å². The Bertz CT molecular complexity index is 501. The highest BCUT2D eigenvalue weighted by Gasteiger charge is 2.19. The van der Waals surface area contributed by atoms with Crippen molar-refractivity contribution in [2.24, 2.45) is 5.73 Å². The molecule has 2 rings (SSSR count). The van der Waals surface area contributed by atoms with Gasteiger partial charge in [0.05, 0.1) is 6.10 Å². The third kappa shape index (κ3) is 3.19. The van der Waals surface area contributed by atoms with E-state index in [2.05, 4.69) is 15.9 Å². The Morgan fingerprint density at radius 2 is 1.61 bits per heavy atom. The first-order chi connectivity index (χ1) is 8.68. The average Bonchev–Trinajstić information content (AvgIpc) is 2.39. The second kappa shape index (κ2) is 6.14. The highest BCUT2D eigenvalue weighted by Crippen LogP contribution is 2.25. The van der Waals surface area contributed by atoms with Gasteiger partial charge in [0.2, 0.25) is 0 Å². The quantitative estimate of drug-likeness (QED) is 0.912. The summed E-state index contributed by atoms with van der Waals surface area (Å²) >= 11 is 3.44. The number of rotatable bonds is 4. The Morgan fingerprint density at radius 3 is 2.28 bits per heavy atom. The van der Waals surface area contributed by atoms with Crippen molar-refractivity contribution in [1.29, 1.82) is 0 Å². The van der Waals surface area contributed by atoms with E-state index in [9.17, 15) is 5.11 Å². The van der Waals surface area contributed by atoms with Gasteiger partial charge in [0, 0.05) is 10.5 Å². The molecule has 0 fully saturated rings. The summed E-state index contributed by atoms with van der Waals surface area (Å²) in [6.45, 7) is 0. The standard InChI is InChI=1S/C15H16BrNO/c16-13-9-5-4-8-12(13)15(18)14(17)10-11-6-2-1-3-7-11/h1-9,14-15,18H,10,17H2. The zero-order chi connectivity index (χ0) is 13.0. The van der Waals surface area contributed by atoms with Crippen LogP contribution in [0.1, 0.15) is 17.2 Å². The van der Waals surface area contributed by atoms with Crippen molar-refractivity contribution in [3.8, 4) is 0 Å². The second-order valence-electron chi connectivity index (χ2n) is 4.32. The summed E-state index contributed by atoms with van der Waals surface area (Å²) in [7, 11) is 0. The Hall–Kier alpha value is -1.16. The van der Waals surface area contributed by atoms with Gasteiger partial charge in [-0.1, -0.05) is 64.5 Å². The average molecular weight is 306 g/mol. The van der Waals surface area contributed by atoms with Crippen LogP contribution in [0.25, 0.3) is 0 Å². The summed E-state index contributed by atoms with van der Waals surface area (Å²) < 4.78 is 0.890. The summed E-state index contributed by atoms with van der Waals surface area (Å²) in [5.41, 5.74) is 8.05. The number of aliphatic hydroxyl groups excluding tert-OH is 1. The molecule has 0 spiro atoms. The SMILES string of the molecule is NC(Cc1ccccc1)C(O)c1ccccc1Br. The van der Waals surface area contributed by atoms with Gasteiger partial charge < -0.3 is 10.8 Å². The molecular formula is C15H16BrNO. The number of nitrogens with two attached hydrogens (primary N) is 1. The lowest BCUT2D eigenvalue weighted by atomic mass is 9.97. The van der Waals surface area contributed by atoms with Crippen molar-refractivity contribution < 1.29 is 5.11 Å². The van der Waals surface area contributed by atoms with Crippen LogP contribution in [0.5, 0.6) is 0 Å². The minimum atomic E-state index is -0.666. The monoisotopic (exact) mass is 305 g/mol. The first kappa shape index (κ1) is 13.3. The molecule has 0 heterocycles. The molecule has 3 heteroatoms. The molecule has 0 aliphatic carbocycles. The van der Waals surface area contributed by atoms with Gasteiger partial charge in [-0.3, -0.25) is 0 Å². The fourth-order valence-electron chi connectivity index (χ4n) is 1.94. The number of halogens is 1. The van der Waals surface area contributed by atoms with Crippen LogP contribution in [-0.2, 0) is 6.42 Å². The molecule has 2 unspecified atom stereocenters. The molecule has 18 heavy (non-hydrogen) atoms. The normalized spacial score (nSPS) is 14.2. The number of aliphatic hydroxyl groups is 1. The van der Waals surface area contributed by atoms with E-state index in [0.29, 0.717) is 6.42 Å². The molecule has 0 bridgehead atoms. The maximum atomic E-state index is 10.3. The molecule has 0 saturated heterocycles. The van der Waals surface area contributed by atoms with Gasteiger partial charge in [-0.15, -0.1) is 0 Å². The predicted molar refractivity (Wildman–Crippen MR) is 77.2 cm³/mol. The van der Waals surface area contributed by atoms with E-state index in [-0.39, 0.29) is 6.04 Å². The summed E-state index contributed by atoms with van der Waals surface area (Å²) in [6, 6.07) is 17.3. The molecule has 2 aromatic rings. The third-order valence-electron chi connectivity index (χ3n) is 2.94. The molecule has 0 aromatic heterocycles. The van der Waals surface area contributed by atoms with Crippen molar-refractivity contribution in [3.63, 3.8) is 0 Å². The van der Waals surface area contributed by atoms with E-state index < -0.39 is 6.10 Å². The van der Waals surface area contributed by atoms with Gasteiger partial charge in [0.1, 0.15) is 0 Å². The van der Waals surface area contributed by atoms with Gasteiger partial charge in [-0.25, -0.2) is 0 Å². The summed E-state index contributed by atoms with van der Waals surface area (Å²) in [5, 5.41) is 10.3. The van der Waals surface area contributed by atoms with Gasteiger partial charge in [-0.05, 0) is 23.6 Å². The zero-order valence-electron chi connectivity index (χ0n) is 9.96. The van der Waals surface area contributed by atoms with Crippen LogP contribution in [0.2, 0.25) is 0 Å². The zero-order valence-corrected chi connectivity index (χ0v) is 11.5. The summed E-state index contributed by atoms with van der Waals surface area (Å²) in [6.07, 6.45) is -0.00985. The Kier molecular flexibility index (Phi) is 4.53. The largest absolute Gasteiger partial charge is 0.387 e. The maximum absolute atomic E-state index is 10.3. The molecule has 2 atom stereocenters. The Labute approximate surface area is 116 Å². The van der Waals surface area contributed by atoms with E-state index in [0.717, 1.165) is 15.6 Å². The number of benzene rings is 2. The molecule has 0 aliphatic rings. The molecule has 2 aromatic carbocycles. The Balaban J connectivity index is 2.10. The molecule has 0 aliphatic heterocycles. The third-order valence-corrected chi connectivity index (χ3v) is 3.67. The summed E-state index contributed by atoms with van der Waals surface area (Å²) in [5.74, 6) is 0. The van der Waals surface area contributed by atoms with E-state index in [4.69, 9.17) is 5.73 Å². The fourth-order valence-corrected chi connectivity index (χ4v) is 2.46. The van der Waals surface area contributed by atoms with E-state index in [1.807, 2.05) is 54.6 Å². The summed E-state index contributed by atoms with van der Waals surface area (Å²) in [4.78, 5) is 0. The Morgan fingerprint density at radius 1 is 1.00 bits per heavy atom. The van der Waals surface area contributed by atoms with Crippen LogP contribution in [0.4, 0.5) is 0 Å². The maximum Gasteiger partial charge on any atom is 0.0955 e. The van der Waals surface area contributed by atoms with Gasteiger partial charge in [-0.2, -0.15) is 0 Å². The molecule has 3 N–H and O–H groups in total. The second-order valence-corrected chi connectivity index (χ2v) is 5.17. The molecular weight excluding hydrogens is 290 g/mol. The van der Waals surface area contributed by atoms with Crippen molar-refractivity contribution >= 4 is 15.9 Å². The predicted octanol–water partition coefficient (Wildman–Crippen LogP) is 3.05. The smallest absolute Gasteiger partial charge is 0.0955 e. The molecule has 0 amide bonds. The first-order valence-electron chi connectivity index (χ1n) is 5.90. The first-order valence-corrected chi connectivity index (χ1v) is 6.70. The van der Waals surface area contributed by atoms with Crippen molar-refractivity contribution in [2.45, 2.75) is 18.6 Å². The number of hydrogen-bond donors (Lipinski definition) is 2. The fraction of sp³-hybridized carbons (Fsp3) is 0.200. The van der Waals surface area contributed by atoms with Crippen LogP contribution in [0, 0.1) is 0 Å². The molecule has 2 nitrogen and oxygen atoms in total. The van der Waals surface area contributed by atoms with E-state index >= 15 is 0 Å². The van der Waals surface area contributed by atoms with Gasteiger partial charge in [0.25, 0.3) is 0 Å². The lowest BCUT2D eigenvalue weighted by Crippen LogP contribution is -2.30. The van der Waals surface area contributed by atoms with Crippen molar-refractivity contribution in [3.05, 3.63) is 70.2 Å². The minimum Gasteiger partial charge on any atom is -0.387 e. The van der Waals surface area contributed by atoms with Crippen molar-refractivity contribution in [1.82, 2.24) is 0 Å². The van der Waals surface area contributed by atoms with Crippen LogP contribution in [0.3, 0.4) is 0 Å². The minimum absolute atomic E-state index is 0.314. The van der Waals surface area contributed by atoms with Crippen LogP contribution in [-0.4, -0.2) is 11.1 Å². The van der Waals surface area contributed by atoms with Crippen molar-refractivity contribution in [2.75, 3.05) is 0 Å². The highest BCUT2D eigenvalue weighted by molar-refractivity contribution is 9.10. The lowest BCUT2D eigenvalue weighted by Gasteiger charge is -2.20. The highest BCUT2D eigenvalue weighted by atomic mass is 79.9.